The molecule has 0 radical (unpaired) electrons. The summed E-state index contributed by atoms with van der Waals surface area (Å²) < 4.78 is 34.4. The van der Waals surface area contributed by atoms with Crippen molar-refractivity contribution >= 4 is 27.5 Å². The summed E-state index contributed by atoms with van der Waals surface area (Å²) in [6.07, 6.45) is 4.77. The van der Waals surface area contributed by atoms with Gasteiger partial charge in [0.15, 0.2) is 0 Å². The highest BCUT2D eigenvalue weighted by Crippen LogP contribution is 2.39. The molecular weight excluding hydrogens is 484 g/mol. The molecule has 0 saturated carbocycles. The van der Waals surface area contributed by atoms with Crippen molar-refractivity contribution in [3.63, 3.8) is 0 Å². The second-order valence-corrected chi connectivity index (χ2v) is 12.3. The Kier molecular flexibility index (Phi) is 8.09. The minimum atomic E-state index is -3.59. The van der Waals surface area contributed by atoms with Crippen LogP contribution in [0.2, 0.25) is 5.02 Å². The van der Waals surface area contributed by atoms with Crippen LogP contribution in [0, 0.1) is 19.3 Å². The van der Waals surface area contributed by atoms with Gasteiger partial charge in [0.1, 0.15) is 5.75 Å². The van der Waals surface area contributed by atoms with Crippen LogP contribution in [0.15, 0.2) is 47.4 Å². The molecule has 35 heavy (non-hydrogen) atoms. The Labute approximate surface area is 214 Å². The molecule has 0 atom stereocenters. The lowest BCUT2D eigenvalue weighted by molar-refractivity contribution is -0.136. The fourth-order valence-corrected chi connectivity index (χ4v) is 6.86. The molecule has 8 heteroatoms. The smallest absolute Gasteiger partial charge is 0.243 e. The van der Waals surface area contributed by atoms with Crippen LogP contribution in [-0.4, -0.2) is 56.3 Å². The molecule has 6 nitrogen and oxygen atoms in total. The van der Waals surface area contributed by atoms with Gasteiger partial charge in [-0.2, -0.15) is 4.31 Å². The summed E-state index contributed by atoms with van der Waals surface area (Å²) in [5.41, 5.74) is 1.26. The molecule has 2 aliphatic rings. The molecule has 0 N–H and O–H groups in total. The highest BCUT2D eigenvalue weighted by molar-refractivity contribution is 7.89. The number of likely N-dealkylation sites (tertiary alicyclic amines) is 1. The van der Waals surface area contributed by atoms with E-state index >= 15 is 0 Å². The molecule has 2 aromatic rings. The van der Waals surface area contributed by atoms with Gasteiger partial charge in [-0.05, 0) is 81.3 Å². The summed E-state index contributed by atoms with van der Waals surface area (Å²) in [5, 5.41) is 0.682. The first-order valence-corrected chi connectivity index (χ1v) is 14.2. The van der Waals surface area contributed by atoms with Crippen LogP contribution in [0.3, 0.4) is 0 Å². The molecule has 1 amide bonds. The van der Waals surface area contributed by atoms with Gasteiger partial charge in [-0.15, -0.1) is 0 Å². The van der Waals surface area contributed by atoms with Crippen LogP contribution < -0.4 is 4.74 Å². The van der Waals surface area contributed by atoms with Gasteiger partial charge >= 0.3 is 0 Å². The number of hydrogen-bond acceptors (Lipinski definition) is 4. The van der Waals surface area contributed by atoms with Gasteiger partial charge in [-0.1, -0.05) is 29.8 Å². The number of hydrogen-bond donors (Lipinski definition) is 0. The summed E-state index contributed by atoms with van der Waals surface area (Å²) in [6.45, 7) is 6.46. The lowest BCUT2D eigenvalue weighted by atomic mass is 9.76. The number of aryl methyl sites for hydroxylation is 2. The van der Waals surface area contributed by atoms with Crippen LogP contribution in [0.4, 0.5) is 0 Å². The second kappa shape index (κ2) is 10.9. The average molecular weight is 519 g/mol. The second-order valence-electron chi connectivity index (χ2n) is 9.99. The van der Waals surface area contributed by atoms with Crippen molar-refractivity contribution in [2.24, 2.45) is 5.41 Å². The van der Waals surface area contributed by atoms with Gasteiger partial charge in [0.2, 0.25) is 15.9 Å². The van der Waals surface area contributed by atoms with Crippen molar-refractivity contribution in [3.05, 3.63) is 58.6 Å². The van der Waals surface area contributed by atoms with Gasteiger partial charge in [0, 0.05) is 43.0 Å². The van der Waals surface area contributed by atoms with Crippen molar-refractivity contribution in [1.82, 2.24) is 9.21 Å². The molecule has 2 heterocycles. The normalized spacial score (nSPS) is 18.9. The van der Waals surface area contributed by atoms with Gasteiger partial charge < -0.3 is 9.64 Å². The summed E-state index contributed by atoms with van der Waals surface area (Å²) in [7, 11) is -3.59. The number of carbonyl (C=O) groups excluding carboxylic acids is 1. The first-order chi connectivity index (χ1) is 16.7. The maximum absolute atomic E-state index is 13.3. The summed E-state index contributed by atoms with van der Waals surface area (Å²) in [5.74, 6) is 0.863. The predicted octanol–water partition coefficient (Wildman–Crippen LogP) is 5.21. The van der Waals surface area contributed by atoms with Crippen molar-refractivity contribution in [1.29, 1.82) is 0 Å². The third-order valence-electron chi connectivity index (χ3n) is 7.40. The van der Waals surface area contributed by atoms with E-state index < -0.39 is 15.4 Å². The molecule has 0 bridgehead atoms. The molecule has 2 aliphatic heterocycles. The van der Waals surface area contributed by atoms with Gasteiger partial charge in [0.25, 0.3) is 0 Å². The molecule has 4 rings (SSSR count). The standard InChI is InChI=1S/C27H35ClN2O4S/c1-21-8-4-5-9-25(21)35(32,33)30-16-12-27(13-17-30,19-26(31)29-14-6-3-7-15-29)20-34-23-10-11-24(28)22(2)18-23/h4-5,8-11,18H,3,6-7,12-17,19-20H2,1-2H3. The molecule has 2 fully saturated rings. The quantitative estimate of drug-likeness (QED) is 0.504. The molecule has 0 aromatic heterocycles. The minimum Gasteiger partial charge on any atom is -0.493 e. The molecular formula is C27H35ClN2O4S. The first kappa shape index (κ1) is 26.0. The monoisotopic (exact) mass is 518 g/mol. The number of amides is 1. The summed E-state index contributed by atoms with van der Waals surface area (Å²) in [6, 6.07) is 12.6. The number of ether oxygens (including phenoxy) is 1. The molecule has 190 valence electrons. The Balaban J connectivity index is 1.51. The number of benzene rings is 2. The first-order valence-electron chi connectivity index (χ1n) is 12.4. The van der Waals surface area contributed by atoms with Crippen molar-refractivity contribution in [2.45, 2.75) is 57.3 Å². The van der Waals surface area contributed by atoms with Crippen molar-refractivity contribution in [3.8, 4) is 5.75 Å². The number of piperidine rings is 2. The lowest BCUT2D eigenvalue weighted by Crippen LogP contribution is -2.48. The predicted molar refractivity (Wildman–Crippen MR) is 138 cm³/mol. The van der Waals surface area contributed by atoms with Gasteiger partial charge in [0.05, 0.1) is 11.5 Å². The zero-order valence-electron chi connectivity index (χ0n) is 20.6. The largest absolute Gasteiger partial charge is 0.493 e. The van der Waals surface area contributed by atoms with Crippen LogP contribution in [-0.2, 0) is 14.8 Å². The molecule has 2 saturated heterocycles. The van der Waals surface area contributed by atoms with Crippen LogP contribution in [0.1, 0.15) is 49.7 Å². The van der Waals surface area contributed by atoms with E-state index in [1.54, 1.807) is 16.4 Å². The van der Waals surface area contributed by atoms with E-state index in [2.05, 4.69) is 0 Å². The Bertz CT molecular complexity index is 1150. The Morgan fingerprint density at radius 2 is 1.66 bits per heavy atom. The topological polar surface area (TPSA) is 66.9 Å². The Morgan fingerprint density at radius 1 is 0.971 bits per heavy atom. The maximum Gasteiger partial charge on any atom is 0.243 e. The fraction of sp³-hybridized carbons (Fsp3) is 0.519. The zero-order valence-corrected chi connectivity index (χ0v) is 22.2. The Morgan fingerprint density at radius 3 is 2.31 bits per heavy atom. The lowest BCUT2D eigenvalue weighted by Gasteiger charge is -2.42. The SMILES string of the molecule is Cc1cc(OCC2(CC(=O)N3CCCCC3)CCN(S(=O)(=O)c3ccccc3C)CC2)ccc1Cl. The van der Waals surface area contributed by atoms with Crippen LogP contribution >= 0.6 is 11.6 Å². The van der Waals surface area contributed by atoms with Crippen molar-refractivity contribution < 1.29 is 17.9 Å². The van der Waals surface area contributed by atoms with E-state index in [1.807, 2.05) is 49.1 Å². The van der Waals surface area contributed by atoms with Crippen molar-refractivity contribution in [2.75, 3.05) is 32.8 Å². The molecule has 2 aromatic carbocycles. The summed E-state index contributed by atoms with van der Waals surface area (Å²) >= 11 is 6.16. The zero-order chi connectivity index (χ0) is 25.1. The molecule has 0 aliphatic carbocycles. The van der Waals surface area contributed by atoms with E-state index in [0.717, 1.165) is 37.1 Å². The van der Waals surface area contributed by atoms with Gasteiger partial charge in [-0.25, -0.2) is 8.42 Å². The fourth-order valence-electron chi connectivity index (χ4n) is 5.08. The van der Waals surface area contributed by atoms with Crippen LogP contribution in [0.5, 0.6) is 5.75 Å². The molecule has 0 unspecified atom stereocenters. The average Bonchev–Trinajstić information content (AvgIpc) is 2.86. The number of carbonyl (C=O) groups is 1. The number of nitrogens with zero attached hydrogens (tertiary/aromatic N) is 2. The number of halogens is 1. The van der Waals surface area contributed by atoms with E-state index in [-0.39, 0.29) is 5.91 Å². The van der Waals surface area contributed by atoms with E-state index in [9.17, 15) is 13.2 Å². The molecule has 0 spiro atoms. The number of sulfonamides is 1. The van der Waals surface area contributed by atoms with Gasteiger partial charge in [-0.3, -0.25) is 4.79 Å². The van der Waals surface area contributed by atoms with E-state index in [1.165, 1.54) is 6.42 Å². The Hall–Kier alpha value is -2.09. The third kappa shape index (κ3) is 6.01. The number of rotatable bonds is 7. The summed E-state index contributed by atoms with van der Waals surface area (Å²) in [4.78, 5) is 15.6. The van der Waals surface area contributed by atoms with E-state index in [0.29, 0.717) is 54.6 Å². The van der Waals surface area contributed by atoms with E-state index in [4.69, 9.17) is 16.3 Å². The third-order valence-corrected chi connectivity index (χ3v) is 9.89. The van der Waals surface area contributed by atoms with Crippen LogP contribution in [0.25, 0.3) is 0 Å². The highest BCUT2D eigenvalue weighted by atomic mass is 35.5. The minimum absolute atomic E-state index is 0.149. The highest BCUT2D eigenvalue weighted by Gasteiger charge is 2.42. The maximum atomic E-state index is 13.3.